The maximum Gasteiger partial charge on any atom is 0.0847 e. The molecule has 1 N–H and O–H groups in total. The van der Waals surface area contributed by atoms with Crippen LogP contribution in [-0.4, -0.2) is 26.5 Å². The fraction of sp³-hybridized carbons (Fsp3) is 0.500. The number of halogens is 1. The van der Waals surface area contributed by atoms with Crippen LogP contribution in [0.2, 0.25) is 5.02 Å². The minimum Gasteiger partial charge on any atom is -0.310 e. The molecule has 2 aromatic rings. The van der Waals surface area contributed by atoms with Gasteiger partial charge < -0.3 is 5.32 Å². The summed E-state index contributed by atoms with van der Waals surface area (Å²) in [4.78, 5) is 0. The van der Waals surface area contributed by atoms with Gasteiger partial charge in [-0.25, -0.2) is 0 Å². The third kappa shape index (κ3) is 3.35. The third-order valence-corrected chi connectivity index (χ3v) is 3.80. The highest BCUT2D eigenvalue weighted by Gasteiger charge is 2.18. The summed E-state index contributed by atoms with van der Waals surface area (Å²) in [6.07, 6.45) is 5.37. The second-order valence-electron chi connectivity index (χ2n) is 4.86. The van der Waals surface area contributed by atoms with Gasteiger partial charge in [0.25, 0.3) is 0 Å². The molecule has 6 heteroatoms. The van der Waals surface area contributed by atoms with Crippen molar-refractivity contribution in [3.05, 3.63) is 40.4 Å². The van der Waals surface area contributed by atoms with E-state index in [9.17, 15) is 0 Å². The Morgan fingerprint density at radius 2 is 2.20 bits per heavy atom. The predicted octanol–water partition coefficient (Wildman–Crippen LogP) is 2.46. The molecule has 0 bridgehead atoms. The summed E-state index contributed by atoms with van der Waals surface area (Å²) in [5.74, 6) is 0. The van der Waals surface area contributed by atoms with Crippen LogP contribution in [0.4, 0.5) is 0 Å². The maximum absolute atomic E-state index is 6.34. The fourth-order valence-electron chi connectivity index (χ4n) is 2.23. The minimum atomic E-state index is 0.165. The van der Waals surface area contributed by atoms with E-state index in [-0.39, 0.29) is 6.04 Å². The Morgan fingerprint density at radius 1 is 1.40 bits per heavy atom. The summed E-state index contributed by atoms with van der Waals surface area (Å²) in [5, 5.41) is 16.4. The molecule has 0 saturated heterocycles. The molecule has 20 heavy (non-hydrogen) atoms. The molecule has 0 aliphatic heterocycles. The molecular weight excluding hydrogens is 274 g/mol. The van der Waals surface area contributed by atoms with Crippen molar-refractivity contribution < 1.29 is 0 Å². The number of nitrogens with one attached hydrogen (secondary N) is 1. The van der Waals surface area contributed by atoms with E-state index in [2.05, 4.69) is 27.5 Å². The van der Waals surface area contributed by atoms with Gasteiger partial charge >= 0.3 is 0 Å². The SMILES string of the molecule is CCCNC(Cc1c(Cl)c(C)nn1C)c1ccnnc1. The predicted molar refractivity (Wildman–Crippen MR) is 79.7 cm³/mol. The van der Waals surface area contributed by atoms with Crippen LogP contribution < -0.4 is 5.32 Å². The number of hydrogen-bond acceptors (Lipinski definition) is 4. The molecule has 108 valence electrons. The topological polar surface area (TPSA) is 55.6 Å². The molecular formula is C14H20ClN5. The first-order valence-corrected chi connectivity index (χ1v) is 7.19. The Kier molecular flexibility index (Phi) is 5.09. The normalized spacial score (nSPS) is 12.6. The van der Waals surface area contributed by atoms with Crippen LogP contribution in [0.25, 0.3) is 0 Å². The summed E-state index contributed by atoms with van der Waals surface area (Å²) >= 11 is 6.34. The standard InChI is InChI=1S/C14H20ClN5/c1-4-6-16-12(11-5-7-17-18-9-11)8-13-14(15)10(2)19-20(13)3/h5,7,9,12,16H,4,6,8H2,1-3H3. The van der Waals surface area contributed by atoms with E-state index >= 15 is 0 Å². The van der Waals surface area contributed by atoms with Gasteiger partial charge in [0.1, 0.15) is 0 Å². The Morgan fingerprint density at radius 3 is 2.75 bits per heavy atom. The van der Waals surface area contributed by atoms with E-state index in [0.29, 0.717) is 0 Å². The summed E-state index contributed by atoms with van der Waals surface area (Å²) in [5.41, 5.74) is 3.02. The first-order valence-electron chi connectivity index (χ1n) is 6.81. The molecule has 5 nitrogen and oxygen atoms in total. The van der Waals surface area contributed by atoms with Crippen molar-refractivity contribution in [1.82, 2.24) is 25.3 Å². The lowest BCUT2D eigenvalue weighted by Crippen LogP contribution is -2.25. The number of aromatic nitrogens is 4. The van der Waals surface area contributed by atoms with Crippen molar-refractivity contribution in [2.24, 2.45) is 7.05 Å². The van der Waals surface area contributed by atoms with Crippen molar-refractivity contribution >= 4 is 11.6 Å². The van der Waals surface area contributed by atoms with Crippen LogP contribution in [0.3, 0.4) is 0 Å². The van der Waals surface area contributed by atoms with Gasteiger partial charge in [-0.3, -0.25) is 4.68 Å². The molecule has 0 aliphatic rings. The third-order valence-electron chi connectivity index (χ3n) is 3.31. The highest BCUT2D eigenvalue weighted by atomic mass is 35.5. The molecule has 2 rings (SSSR count). The summed E-state index contributed by atoms with van der Waals surface area (Å²) in [7, 11) is 1.93. The van der Waals surface area contributed by atoms with Gasteiger partial charge in [-0.05, 0) is 31.5 Å². The molecule has 2 heterocycles. The van der Waals surface area contributed by atoms with E-state index in [1.807, 2.05) is 24.7 Å². The van der Waals surface area contributed by atoms with Crippen molar-refractivity contribution in [3.63, 3.8) is 0 Å². The lowest BCUT2D eigenvalue weighted by Gasteiger charge is -2.18. The first kappa shape index (κ1) is 14.9. The average molecular weight is 294 g/mol. The molecule has 0 fully saturated rings. The van der Waals surface area contributed by atoms with E-state index in [0.717, 1.165) is 41.4 Å². The smallest absolute Gasteiger partial charge is 0.0847 e. The van der Waals surface area contributed by atoms with Gasteiger partial charge in [-0.2, -0.15) is 15.3 Å². The lowest BCUT2D eigenvalue weighted by molar-refractivity contribution is 0.510. The second kappa shape index (κ2) is 6.81. The molecule has 1 unspecified atom stereocenters. The van der Waals surface area contributed by atoms with Crippen molar-refractivity contribution in [3.8, 4) is 0 Å². The zero-order valence-electron chi connectivity index (χ0n) is 12.1. The molecule has 2 aromatic heterocycles. The maximum atomic E-state index is 6.34. The summed E-state index contributed by atoms with van der Waals surface area (Å²) in [6.45, 7) is 5.02. The quantitative estimate of drug-likeness (QED) is 0.889. The van der Waals surface area contributed by atoms with Crippen LogP contribution in [0.1, 0.15) is 36.3 Å². The number of rotatable bonds is 6. The van der Waals surface area contributed by atoms with Gasteiger partial charge in [-0.15, -0.1) is 0 Å². The summed E-state index contributed by atoms with van der Waals surface area (Å²) < 4.78 is 1.85. The van der Waals surface area contributed by atoms with E-state index in [1.54, 1.807) is 12.4 Å². The van der Waals surface area contributed by atoms with Crippen LogP contribution in [0.5, 0.6) is 0 Å². The van der Waals surface area contributed by atoms with E-state index in [4.69, 9.17) is 11.6 Å². The Balaban J connectivity index is 2.24. The van der Waals surface area contributed by atoms with Crippen molar-refractivity contribution in [2.45, 2.75) is 32.7 Å². The number of aryl methyl sites for hydroxylation is 2. The van der Waals surface area contributed by atoms with Gasteiger partial charge in [0, 0.05) is 25.7 Å². The zero-order valence-corrected chi connectivity index (χ0v) is 12.9. The van der Waals surface area contributed by atoms with E-state index < -0.39 is 0 Å². The Hall–Kier alpha value is -1.46. The zero-order chi connectivity index (χ0) is 14.5. The molecule has 0 aromatic carbocycles. The molecule has 0 amide bonds. The summed E-state index contributed by atoms with van der Waals surface area (Å²) in [6, 6.07) is 2.15. The van der Waals surface area contributed by atoms with Gasteiger partial charge in [0.2, 0.25) is 0 Å². The first-order chi connectivity index (χ1) is 9.63. The van der Waals surface area contributed by atoms with Crippen LogP contribution in [0, 0.1) is 6.92 Å². The van der Waals surface area contributed by atoms with Crippen LogP contribution >= 0.6 is 11.6 Å². The second-order valence-corrected chi connectivity index (χ2v) is 5.23. The lowest BCUT2D eigenvalue weighted by atomic mass is 10.0. The number of hydrogen-bond donors (Lipinski definition) is 1. The molecule has 0 radical (unpaired) electrons. The molecule has 0 spiro atoms. The van der Waals surface area contributed by atoms with Crippen molar-refractivity contribution in [1.29, 1.82) is 0 Å². The fourth-order valence-corrected chi connectivity index (χ4v) is 2.47. The Bertz CT molecular complexity index is 552. The highest BCUT2D eigenvalue weighted by molar-refractivity contribution is 6.31. The molecule has 0 saturated carbocycles. The molecule has 0 aliphatic carbocycles. The van der Waals surface area contributed by atoms with Gasteiger partial charge in [-0.1, -0.05) is 18.5 Å². The molecule has 1 atom stereocenters. The largest absolute Gasteiger partial charge is 0.310 e. The highest BCUT2D eigenvalue weighted by Crippen LogP contribution is 2.25. The van der Waals surface area contributed by atoms with Crippen LogP contribution in [0.15, 0.2) is 18.5 Å². The minimum absolute atomic E-state index is 0.165. The Labute approximate surface area is 124 Å². The van der Waals surface area contributed by atoms with Crippen molar-refractivity contribution in [2.75, 3.05) is 6.54 Å². The van der Waals surface area contributed by atoms with Gasteiger partial charge in [0.05, 0.1) is 22.6 Å². The number of nitrogens with zero attached hydrogens (tertiary/aromatic N) is 4. The average Bonchev–Trinajstić information content (AvgIpc) is 2.70. The van der Waals surface area contributed by atoms with Crippen LogP contribution in [-0.2, 0) is 13.5 Å². The van der Waals surface area contributed by atoms with E-state index in [1.165, 1.54) is 0 Å². The van der Waals surface area contributed by atoms with Gasteiger partial charge in [0.15, 0.2) is 0 Å². The monoisotopic (exact) mass is 293 g/mol.